The third-order valence-electron chi connectivity index (χ3n) is 3.85. The fourth-order valence-electron chi connectivity index (χ4n) is 2.38. The van der Waals surface area contributed by atoms with E-state index in [1.54, 1.807) is 29.1 Å². The molecule has 6 nitrogen and oxygen atoms in total. The molecular formula is C18H19N5O. The number of carbonyl (C=O) groups excluding carboxylic acids is 1. The summed E-state index contributed by atoms with van der Waals surface area (Å²) in [6, 6.07) is 15.3. The molecule has 0 aliphatic heterocycles. The summed E-state index contributed by atoms with van der Waals surface area (Å²) in [5.74, 6) is 0.575. The van der Waals surface area contributed by atoms with Gasteiger partial charge in [0.05, 0.1) is 6.54 Å². The van der Waals surface area contributed by atoms with Crippen molar-refractivity contribution < 1.29 is 4.79 Å². The molecule has 3 aromatic rings. The summed E-state index contributed by atoms with van der Waals surface area (Å²) in [5, 5.41) is 12.5. The van der Waals surface area contributed by atoms with E-state index in [-0.39, 0.29) is 0 Å². The highest BCUT2D eigenvalue weighted by Gasteiger charge is 2.08. The molecular weight excluding hydrogens is 302 g/mol. The van der Waals surface area contributed by atoms with Gasteiger partial charge in [-0.2, -0.15) is 4.80 Å². The van der Waals surface area contributed by atoms with Gasteiger partial charge in [-0.3, -0.25) is 4.79 Å². The van der Waals surface area contributed by atoms with E-state index in [0.717, 1.165) is 11.1 Å². The number of carbonyl (C=O) groups is 1. The molecule has 3 rings (SSSR count). The lowest BCUT2D eigenvalue weighted by atomic mass is 10.0. The molecule has 0 aliphatic carbocycles. The van der Waals surface area contributed by atoms with Crippen LogP contribution in [0.2, 0.25) is 0 Å². The number of hydrogen-bond acceptors (Lipinski definition) is 4. The molecule has 0 aliphatic rings. The number of amides is 1. The van der Waals surface area contributed by atoms with E-state index in [4.69, 9.17) is 5.73 Å². The van der Waals surface area contributed by atoms with E-state index in [2.05, 4.69) is 53.5 Å². The Balaban J connectivity index is 1.74. The SMILES string of the molecule is CC(C)c1ccc(Cn2nnc(-c3ccc(C(N)=O)cc3)n2)cc1. The molecule has 0 radical (unpaired) electrons. The summed E-state index contributed by atoms with van der Waals surface area (Å²) in [6.07, 6.45) is 0. The lowest BCUT2D eigenvalue weighted by molar-refractivity contribution is 0.100. The third-order valence-corrected chi connectivity index (χ3v) is 3.85. The van der Waals surface area contributed by atoms with Crippen molar-refractivity contribution in [3.05, 3.63) is 65.2 Å². The third kappa shape index (κ3) is 3.48. The molecule has 0 atom stereocenters. The number of benzene rings is 2. The highest BCUT2D eigenvalue weighted by atomic mass is 16.1. The fourth-order valence-corrected chi connectivity index (χ4v) is 2.38. The molecule has 0 saturated carbocycles. The van der Waals surface area contributed by atoms with Crippen molar-refractivity contribution in [2.24, 2.45) is 5.73 Å². The van der Waals surface area contributed by atoms with Crippen LogP contribution in [0.1, 0.15) is 41.3 Å². The second kappa shape index (κ2) is 6.62. The number of nitrogens with two attached hydrogens (primary N) is 1. The summed E-state index contributed by atoms with van der Waals surface area (Å²) in [4.78, 5) is 12.7. The zero-order valence-corrected chi connectivity index (χ0v) is 13.7. The molecule has 0 unspecified atom stereocenters. The molecule has 2 N–H and O–H groups in total. The van der Waals surface area contributed by atoms with Crippen molar-refractivity contribution in [2.75, 3.05) is 0 Å². The van der Waals surface area contributed by atoms with Gasteiger partial charge in [0.15, 0.2) is 0 Å². The molecule has 24 heavy (non-hydrogen) atoms. The first-order valence-electron chi connectivity index (χ1n) is 7.80. The van der Waals surface area contributed by atoms with Crippen molar-refractivity contribution in [3.63, 3.8) is 0 Å². The van der Waals surface area contributed by atoms with E-state index >= 15 is 0 Å². The van der Waals surface area contributed by atoms with Gasteiger partial charge in [0, 0.05) is 11.1 Å². The Bertz CT molecular complexity index is 835. The Kier molecular flexibility index (Phi) is 4.37. The first-order valence-corrected chi connectivity index (χ1v) is 7.80. The Morgan fingerprint density at radius 2 is 1.75 bits per heavy atom. The fraction of sp³-hybridized carbons (Fsp3) is 0.222. The monoisotopic (exact) mass is 321 g/mol. The van der Waals surface area contributed by atoms with Gasteiger partial charge in [0.25, 0.3) is 0 Å². The quantitative estimate of drug-likeness (QED) is 0.782. The van der Waals surface area contributed by atoms with Gasteiger partial charge in [-0.15, -0.1) is 10.2 Å². The normalized spacial score (nSPS) is 11.0. The van der Waals surface area contributed by atoms with Crippen molar-refractivity contribution >= 4 is 5.91 Å². The van der Waals surface area contributed by atoms with Crippen LogP contribution in [0.15, 0.2) is 48.5 Å². The van der Waals surface area contributed by atoms with Crippen LogP contribution >= 0.6 is 0 Å². The molecule has 122 valence electrons. The second-order valence-corrected chi connectivity index (χ2v) is 5.98. The predicted molar refractivity (Wildman–Crippen MR) is 91.4 cm³/mol. The van der Waals surface area contributed by atoms with Crippen LogP contribution in [0.4, 0.5) is 0 Å². The minimum atomic E-state index is -0.456. The Morgan fingerprint density at radius 1 is 1.08 bits per heavy atom. The Hall–Kier alpha value is -3.02. The molecule has 0 spiro atoms. The maximum atomic E-state index is 11.1. The standard InChI is InChI=1S/C18H19N5O/c1-12(2)14-5-3-13(4-6-14)11-23-21-18(20-22-23)16-9-7-15(8-10-16)17(19)24/h3-10,12H,11H2,1-2H3,(H2,19,24). The summed E-state index contributed by atoms with van der Waals surface area (Å²) in [6.45, 7) is 4.90. The Labute approximate surface area is 140 Å². The minimum Gasteiger partial charge on any atom is -0.366 e. The van der Waals surface area contributed by atoms with Gasteiger partial charge in [-0.05, 0) is 34.4 Å². The number of hydrogen-bond donors (Lipinski definition) is 1. The number of aromatic nitrogens is 4. The van der Waals surface area contributed by atoms with Crippen molar-refractivity contribution in [1.29, 1.82) is 0 Å². The van der Waals surface area contributed by atoms with Crippen molar-refractivity contribution in [1.82, 2.24) is 20.2 Å². The van der Waals surface area contributed by atoms with E-state index in [9.17, 15) is 4.79 Å². The van der Waals surface area contributed by atoms with Gasteiger partial charge in [-0.25, -0.2) is 0 Å². The average Bonchev–Trinajstić information content (AvgIpc) is 3.04. The summed E-state index contributed by atoms with van der Waals surface area (Å²) >= 11 is 0. The van der Waals surface area contributed by atoms with Crippen LogP contribution in [0, 0.1) is 0 Å². The largest absolute Gasteiger partial charge is 0.366 e. The van der Waals surface area contributed by atoms with Gasteiger partial charge in [-0.1, -0.05) is 50.2 Å². The summed E-state index contributed by atoms with van der Waals surface area (Å²) in [7, 11) is 0. The topological polar surface area (TPSA) is 86.7 Å². The number of nitrogens with zero attached hydrogens (tertiary/aromatic N) is 4. The maximum Gasteiger partial charge on any atom is 0.248 e. The first-order chi connectivity index (χ1) is 11.5. The molecule has 0 saturated heterocycles. The molecule has 1 aromatic heterocycles. The first kappa shape index (κ1) is 15.9. The predicted octanol–water partition coefficient (Wildman–Crippen LogP) is 2.61. The van der Waals surface area contributed by atoms with Crippen LogP contribution in [-0.4, -0.2) is 26.1 Å². The molecule has 0 fully saturated rings. The molecule has 0 bridgehead atoms. The smallest absolute Gasteiger partial charge is 0.248 e. The molecule has 1 amide bonds. The van der Waals surface area contributed by atoms with E-state index in [1.807, 2.05) is 0 Å². The minimum absolute atomic E-state index is 0.455. The number of tetrazole rings is 1. The lowest BCUT2D eigenvalue weighted by Gasteiger charge is -2.06. The number of rotatable bonds is 5. The second-order valence-electron chi connectivity index (χ2n) is 5.98. The van der Waals surface area contributed by atoms with Gasteiger partial charge in [0.2, 0.25) is 11.7 Å². The van der Waals surface area contributed by atoms with Crippen molar-refractivity contribution in [3.8, 4) is 11.4 Å². The zero-order valence-electron chi connectivity index (χ0n) is 13.7. The summed E-state index contributed by atoms with van der Waals surface area (Å²) in [5.41, 5.74) is 8.91. The Morgan fingerprint density at radius 3 is 2.33 bits per heavy atom. The molecule has 2 aromatic carbocycles. The highest BCUT2D eigenvalue weighted by molar-refractivity contribution is 5.93. The lowest BCUT2D eigenvalue weighted by Crippen LogP contribution is -2.10. The van der Waals surface area contributed by atoms with Crippen LogP contribution in [0.3, 0.4) is 0 Å². The van der Waals surface area contributed by atoms with Crippen LogP contribution in [0.5, 0.6) is 0 Å². The highest BCUT2D eigenvalue weighted by Crippen LogP contribution is 2.16. The van der Waals surface area contributed by atoms with E-state index in [0.29, 0.717) is 23.9 Å². The summed E-state index contributed by atoms with van der Waals surface area (Å²) < 4.78 is 0. The van der Waals surface area contributed by atoms with Gasteiger partial charge in [0.1, 0.15) is 0 Å². The number of primary amides is 1. The van der Waals surface area contributed by atoms with Gasteiger partial charge < -0.3 is 5.73 Å². The van der Waals surface area contributed by atoms with E-state index in [1.165, 1.54) is 5.56 Å². The molecule has 1 heterocycles. The zero-order chi connectivity index (χ0) is 17.1. The van der Waals surface area contributed by atoms with Crippen molar-refractivity contribution in [2.45, 2.75) is 26.3 Å². The van der Waals surface area contributed by atoms with E-state index < -0.39 is 5.91 Å². The average molecular weight is 321 g/mol. The van der Waals surface area contributed by atoms with Crippen LogP contribution in [-0.2, 0) is 6.54 Å². The maximum absolute atomic E-state index is 11.1. The van der Waals surface area contributed by atoms with Crippen LogP contribution in [0.25, 0.3) is 11.4 Å². The van der Waals surface area contributed by atoms with Crippen LogP contribution < -0.4 is 5.73 Å². The van der Waals surface area contributed by atoms with Gasteiger partial charge >= 0.3 is 0 Å². The molecule has 6 heteroatoms.